The largest absolute Gasteiger partial charge is 0.305 e. The van der Waals surface area contributed by atoms with Crippen molar-refractivity contribution >= 4 is 33.5 Å². The number of Topliss-reactive ketones (excluding diaryl/α,β-unsaturated/α-hetero) is 1. The summed E-state index contributed by atoms with van der Waals surface area (Å²) in [4.78, 5) is 12.3. The number of benzene rings is 2. The molecule has 1 heterocycles. The minimum atomic E-state index is 0.0768. The molecule has 0 amide bonds. The van der Waals surface area contributed by atoms with Crippen molar-refractivity contribution in [3.63, 3.8) is 0 Å². The van der Waals surface area contributed by atoms with E-state index in [0.29, 0.717) is 11.3 Å². The van der Waals surface area contributed by atoms with Crippen LogP contribution in [-0.4, -0.2) is 26.3 Å². The maximum Gasteiger partial charge on any atom is 0.191 e. The van der Waals surface area contributed by atoms with Crippen molar-refractivity contribution < 1.29 is 4.79 Å². The number of ketones is 1. The summed E-state index contributed by atoms with van der Waals surface area (Å²) in [5.41, 5.74) is 2.90. The number of aryl methyl sites for hydroxylation is 1. The second kappa shape index (κ2) is 7.32. The first-order chi connectivity index (χ1) is 11.6. The highest BCUT2D eigenvalue weighted by atomic mass is 79.9. The fourth-order valence-electron chi connectivity index (χ4n) is 2.35. The highest BCUT2D eigenvalue weighted by Crippen LogP contribution is 2.25. The summed E-state index contributed by atoms with van der Waals surface area (Å²) in [6.45, 7) is 2.05. The third kappa shape index (κ3) is 3.60. The Labute approximate surface area is 153 Å². The molecule has 0 fully saturated rings. The van der Waals surface area contributed by atoms with Crippen LogP contribution in [0.4, 0.5) is 0 Å². The van der Waals surface area contributed by atoms with Gasteiger partial charge in [-0.25, -0.2) is 0 Å². The summed E-state index contributed by atoms with van der Waals surface area (Å²) < 4.78 is 2.89. The van der Waals surface area contributed by atoms with Gasteiger partial charge in [0.15, 0.2) is 16.8 Å². The number of carbonyl (C=O) groups is 1. The summed E-state index contributed by atoms with van der Waals surface area (Å²) in [6.07, 6.45) is 0. The number of rotatable bonds is 5. The van der Waals surface area contributed by atoms with E-state index in [-0.39, 0.29) is 5.78 Å². The smallest absolute Gasteiger partial charge is 0.191 e. The molecule has 0 atom stereocenters. The molecule has 0 saturated carbocycles. The van der Waals surface area contributed by atoms with Crippen LogP contribution in [0.3, 0.4) is 0 Å². The van der Waals surface area contributed by atoms with Crippen molar-refractivity contribution in [3.05, 3.63) is 64.1 Å². The van der Waals surface area contributed by atoms with E-state index in [1.165, 1.54) is 11.8 Å². The van der Waals surface area contributed by atoms with Crippen molar-refractivity contribution in [1.29, 1.82) is 0 Å². The van der Waals surface area contributed by atoms with Crippen LogP contribution in [0, 0.1) is 6.92 Å². The van der Waals surface area contributed by atoms with E-state index in [4.69, 9.17) is 0 Å². The zero-order chi connectivity index (χ0) is 17.1. The van der Waals surface area contributed by atoms with Crippen LogP contribution >= 0.6 is 27.7 Å². The lowest BCUT2D eigenvalue weighted by Crippen LogP contribution is -2.04. The van der Waals surface area contributed by atoms with Gasteiger partial charge in [0.05, 0.1) is 5.75 Å². The predicted octanol–water partition coefficient (Wildman–Crippen LogP) is 4.53. The number of hydrogen-bond acceptors (Lipinski definition) is 4. The third-order valence-corrected chi connectivity index (χ3v) is 5.27. The molecule has 0 aliphatic rings. The number of aromatic nitrogens is 3. The number of hydrogen-bond donors (Lipinski definition) is 0. The summed E-state index contributed by atoms with van der Waals surface area (Å²) in [7, 11) is 1.92. The highest BCUT2D eigenvalue weighted by Gasteiger charge is 2.14. The molecule has 3 aromatic rings. The Morgan fingerprint density at radius 2 is 1.83 bits per heavy atom. The van der Waals surface area contributed by atoms with Gasteiger partial charge in [0.2, 0.25) is 0 Å². The molecule has 6 heteroatoms. The molecule has 0 radical (unpaired) electrons. The number of thioether (sulfide) groups is 1. The Hall–Kier alpha value is -1.92. The van der Waals surface area contributed by atoms with E-state index in [1.54, 1.807) is 0 Å². The summed E-state index contributed by atoms with van der Waals surface area (Å²) >= 11 is 4.78. The zero-order valence-corrected chi connectivity index (χ0v) is 15.8. The van der Waals surface area contributed by atoms with Crippen LogP contribution in [-0.2, 0) is 7.05 Å². The quantitative estimate of drug-likeness (QED) is 0.465. The van der Waals surface area contributed by atoms with Crippen molar-refractivity contribution in [2.45, 2.75) is 12.1 Å². The van der Waals surface area contributed by atoms with Gasteiger partial charge >= 0.3 is 0 Å². The fraction of sp³-hybridized carbons (Fsp3) is 0.167. The molecule has 0 unspecified atom stereocenters. The molecule has 0 bridgehead atoms. The van der Waals surface area contributed by atoms with Crippen LogP contribution in [0.2, 0.25) is 0 Å². The SMILES string of the molecule is Cc1ccccc1-c1nnc(SCC(=O)c2ccc(Br)cc2)n1C. The molecule has 0 aliphatic carbocycles. The Balaban J connectivity index is 1.74. The minimum Gasteiger partial charge on any atom is -0.305 e. The molecular formula is C18H16BrN3OS. The third-order valence-electron chi connectivity index (χ3n) is 3.72. The summed E-state index contributed by atoms with van der Waals surface area (Å²) in [5.74, 6) is 1.22. The number of carbonyl (C=O) groups excluding carboxylic acids is 1. The van der Waals surface area contributed by atoms with Gasteiger partial charge in [0.25, 0.3) is 0 Å². The molecule has 1 aromatic heterocycles. The lowest BCUT2D eigenvalue weighted by molar-refractivity contribution is 0.102. The molecule has 24 heavy (non-hydrogen) atoms. The number of halogens is 1. The lowest BCUT2D eigenvalue weighted by atomic mass is 10.1. The van der Waals surface area contributed by atoms with E-state index < -0.39 is 0 Å². The van der Waals surface area contributed by atoms with E-state index in [2.05, 4.69) is 26.1 Å². The molecule has 3 rings (SSSR count). The monoisotopic (exact) mass is 401 g/mol. The predicted molar refractivity (Wildman–Crippen MR) is 100 cm³/mol. The molecular weight excluding hydrogens is 386 g/mol. The number of nitrogens with zero attached hydrogens (tertiary/aromatic N) is 3. The zero-order valence-electron chi connectivity index (χ0n) is 13.4. The molecule has 4 nitrogen and oxygen atoms in total. The molecule has 122 valence electrons. The molecule has 0 spiro atoms. The topological polar surface area (TPSA) is 47.8 Å². The van der Waals surface area contributed by atoms with Gasteiger partial charge in [-0.2, -0.15) is 0 Å². The van der Waals surface area contributed by atoms with Gasteiger partial charge in [-0.1, -0.05) is 64.1 Å². The molecule has 0 saturated heterocycles. The first-order valence-corrected chi connectivity index (χ1v) is 9.21. The van der Waals surface area contributed by atoms with E-state index in [1.807, 2.05) is 67.1 Å². The first kappa shape index (κ1) is 16.9. The maximum atomic E-state index is 12.3. The normalized spacial score (nSPS) is 10.8. The van der Waals surface area contributed by atoms with Crippen molar-refractivity contribution in [1.82, 2.24) is 14.8 Å². The minimum absolute atomic E-state index is 0.0768. The van der Waals surface area contributed by atoms with E-state index in [0.717, 1.165) is 26.6 Å². The van der Waals surface area contributed by atoms with Gasteiger partial charge in [0, 0.05) is 22.6 Å². The Bertz CT molecular complexity index is 874. The second-order valence-corrected chi connectivity index (χ2v) is 7.26. The van der Waals surface area contributed by atoms with Crippen LogP contribution < -0.4 is 0 Å². The van der Waals surface area contributed by atoms with Crippen LogP contribution in [0.15, 0.2) is 58.2 Å². The van der Waals surface area contributed by atoms with Gasteiger partial charge < -0.3 is 4.57 Å². The van der Waals surface area contributed by atoms with Crippen LogP contribution in [0.25, 0.3) is 11.4 Å². The van der Waals surface area contributed by atoms with Gasteiger partial charge in [-0.15, -0.1) is 10.2 Å². The second-order valence-electron chi connectivity index (χ2n) is 5.40. The first-order valence-electron chi connectivity index (χ1n) is 7.43. The average Bonchev–Trinajstić information content (AvgIpc) is 2.94. The van der Waals surface area contributed by atoms with E-state index in [9.17, 15) is 4.79 Å². The standard InChI is InChI=1S/C18H16BrN3OS/c1-12-5-3-4-6-15(12)17-20-21-18(22(17)2)24-11-16(23)13-7-9-14(19)10-8-13/h3-10H,11H2,1-2H3. The average molecular weight is 402 g/mol. The molecule has 2 aromatic carbocycles. The van der Waals surface area contributed by atoms with E-state index >= 15 is 0 Å². The lowest BCUT2D eigenvalue weighted by Gasteiger charge is -2.06. The van der Waals surface area contributed by atoms with Gasteiger partial charge in [-0.05, 0) is 24.6 Å². The highest BCUT2D eigenvalue weighted by molar-refractivity contribution is 9.10. The molecule has 0 N–H and O–H groups in total. The van der Waals surface area contributed by atoms with Crippen LogP contribution in [0.5, 0.6) is 0 Å². The fourth-order valence-corrected chi connectivity index (χ4v) is 3.42. The maximum absolute atomic E-state index is 12.3. The molecule has 0 aliphatic heterocycles. The summed E-state index contributed by atoms with van der Waals surface area (Å²) in [6, 6.07) is 15.5. The Morgan fingerprint density at radius 3 is 2.54 bits per heavy atom. The van der Waals surface area contributed by atoms with Crippen molar-refractivity contribution in [2.75, 3.05) is 5.75 Å². The summed E-state index contributed by atoms with van der Waals surface area (Å²) in [5, 5.41) is 9.25. The van der Waals surface area contributed by atoms with Crippen LogP contribution in [0.1, 0.15) is 15.9 Å². The Morgan fingerprint density at radius 1 is 1.12 bits per heavy atom. The van der Waals surface area contributed by atoms with Gasteiger partial charge in [-0.3, -0.25) is 4.79 Å². The van der Waals surface area contributed by atoms with Crippen molar-refractivity contribution in [3.8, 4) is 11.4 Å². The Kier molecular flexibility index (Phi) is 5.16. The van der Waals surface area contributed by atoms with Gasteiger partial charge in [0.1, 0.15) is 0 Å². The van der Waals surface area contributed by atoms with Crippen molar-refractivity contribution in [2.24, 2.45) is 7.05 Å².